The molecule has 0 unspecified atom stereocenters. The van der Waals surface area contributed by atoms with Crippen molar-refractivity contribution in [3.05, 3.63) is 84.1 Å². The molecule has 0 aliphatic carbocycles. The maximum Gasteiger partial charge on any atom is 0.255 e. The van der Waals surface area contributed by atoms with Gasteiger partial charge in [0.25, 0.3) is 5.91 Å². The average molecular weight is 394 g/mol. The predicted octanol–water partition coefficient (Wildman–Crippen LogP) is 3.94. The van der Waals surface area contributed by atoms with Crippen molar-refractivity contribution in [2.75, 3.05) is 41.3 Å². The maximum absolute atomic E-state index is 13.3. The summed E-state index contributed by atoms with van der Waals surface area (Å²) in [5, 5.41) is 2.70. The van der Waals surface area contributed by atoms with E-state index < -0.39 is 5.82 Å². The van der Waals surface area contributed by atoms with Gasteiger partial charge in [0.2, 0.25) is 0 Å². The van der Waals surface area contributed by atoms with E-state index in [1.165, 1.54) is 24.3 Å². The highest BCUT2D eigenvalue weighted by Crippen LogP contribution is 2.21. The zero-order valence-corrected chi connectivity index (χ0v) is 15.7. The standard InChI is InChI=1S/C22H20F2N4O/c23-17-4-6-20(7-5-17)27-10-12-28(13-11-27)21-14-16(8-9-25-21)22(29)26-19-3-1-2-18(24)15-19/h1-9,14-15H,10-13H2,(H,26,29). The van der Waals surface area contributed by atoms with Crippen molar-refractivity contribution in [2.24, 2.45) is 0 Å². The molecule has 0 spiro atoms. The van der Waals surface area contributed by atoms with Gasteiger partial charge in [-0.05, 0) is 54.6 Å². The molecular weight excluding hydrogens is 374 g/mol. The summed E-state index contributed by atoms with van der Waals surface area (Å²) in [6.45, 7) is 3.01. The minimum Gasteiger partial charge on any atom is -0.368 e. The Morgan fingerprint density at radius 2 is 1.59 bits per heavy atom. The summed E-state index contributed by atoms with van der Waals surface area (Å²) in [6.07, 6.45) is 1.60. The molecule has 1 aromatic heterocycles. The van der Waals surface area contributed by atoms with Crippen LogP contribution >= 0.6 is 0 Å². The van der Waals surface area contributed by atoms with E-state index in [9.17, 15) is 13.6 Å². The number of hydrogen-bond donors (Lipinski definition) is 1. The molecule has 1 amide bonds. The normalized spacial score (nSPS) is 14.0. The summed E-state index contributed by atoms with van der Waals surface area (Å²) in [4.78, 5) is 21.2. The van der Waals surface area contributed by atoms with E-state index in [2.05, 4.69) is 20.1 Å². The van der Waals surface area contributed by atoms with Crippen molar-refractivity contribution in [3.63, 3.8) is 0 Å². The number of anilines is 3. The fraction of sp³-hybridized carbons (Fsp3) is 0.182. The fourth-order valence-electron chi connectivity index (χ4n) is 3.35. The largest absolute Gasteiger partial charge is 0.368 e. The first-order chi connectivity index (χ1) is 14.1. The summed E-state index contributed by atoms with van der Waals surface area (Å²) in [6, 6.07) is 15.6. The van der Waals surface area contributed by atoms with E-state index >= 15 is 0 Å². The molecule has 148 valence electrons. The quantitative estimate of drug-likeness (QED) is 0.728. The van der Waals surface area contributed by atoms with Crippen LogP contribution in [0, 0.1) is 11.6 Å². The second-order valence-corrected chi connectivity index (χ2v) is 6.82. The van der Waals surface area contributed by atoms with Crippen molar-refractivity contribution in [1.29, 1.82) is 0 Å². The van der Waals surface area contributed by atoms with Gasteiger partial charge >= 0.3 is 0 Å². The lowest BCUT2D eigenvalue weighted by atomic mass is 10.2. The van der Waals surface area contributed by atoms with E-state index in [0.29, 0.717) is 11.3 Å². The molecule has 1 aliphatic heterocycles. The number of benzene rings is 2. The molecule has 5 nitrogen and oxygen atoms in total. The van der Waals surface area contributed by atoms with Crippen LogP contribution in [0.4, 0.5) is 26.0 Å². The van der Waals surface area contributed by atoms with Crippen LogP contribution in [0.25, 0.3) is 0 Å². The third kappa shape index (κ3) is 4.51. The third-order valence-electron chi connectivity index (χ3n) is 4.89. The van der Waals surface area contributed by atoms with Crippen molar-refractivity contribution in [2.45, 2.75) is 0 Å². The van der Waals surface area contributed by atoms with Crippen LogP contribution in [-0.2, 0) is 0 Å². The summed E-state index contributed by atoms with van der Waals surface area (Å²) >= 11 is 0. The summed E-state index contributed by atoms with van der Waals surface area (Å²) in [7, 11) is 0. The number of aromatic nitrogens is 1. The van der Waals surface area contributed by atoms with Gasteiger partial charge in [-0.15, -0.1) is 0 Å². The van der Waals surface area contributed by atoms with Crippen LogP contribution in [0.5, 0.6) is 0 Å². The zero-order valence-electron chi connectivity index (χ0n) is 15.7. The van der Waals surface area contributed by atoms with E-state index in [-0.39, 0.29) is 11.7 Å². The number of amides is 1. The van der Waals surface area contributed by atoms with Crippen molar-refractivity contribution >= 4 is 23.1 Å². The van der Waals surface area contributed by atoms with Gasteiger partial charge in [-0.3, -0.25) is 4.79 Å². The van der Waals surface area contributed by atoms with Crippen molar-refractivity contribution in [1.82, 2.24) is 4.98 Å². The summed E-state index contributed by atoms with van der Waals surface area (Å²) < 4.78 is 26.4. The van der Waals surface area contributed by atoms with Gasteiger partial charge in [0.05, 0.1) is 0 Å². The smallest absolute Gasteiger partial charge is 0.255 e. The Bertz CT molecular complexity index is 1000. The highest BCUT2D eigenvalue weighted by Gasteiger charge is 2.19. The van der Waals surface area contributed by atoms with Gasteiger partial charge in [0.1, 0.15) is 17.5 Å². The number of piperazine rings is 1. The van der Waals surface area contributed by atoms with Gasteiger partial charge in [-0.2, -0.15) is 0 Å². The van der Waals surface area contributed by atoms with Crippen LogP contribution in [0.3, 0.4) is 0 Å². The Balaban J connectivity index is 1.41. The lowest BCUT2D eigenvalue weighted by Gasteiger charge is -2.36. The van der Waals surface area contributed by atoms with Gasteiger partial charge < -0.3 is 15.1 Å². The van der Waals surface area contributed by atoms with Crippen LogP contribution in [-0.4, -0.2) is 37.1 Å². The number of pyridine rings is 1. The Hall–Kier alpha value is -3.48. The fourth-order valence-corrected chi connectivity index (χ4v) is 3.35. The highest BCUT2D eigenvalue weighted by atomic mass is 19.1. The van der Waals surface area contributed by atoms with E-state index in [1.807, 2.05) is 0 Å². The first kappa shape index (κ1) is 18.9. The molecule has 2 heterocycles. The van der Waals surface area contributed by atoms with Gasteiger partial charge in [0.15, 0.2) is 0 Å². The van der Waals surface area contributed by atoms with Gasteiger partial charge in [-0.1, -0.05) is 6.07 Å². The molecule has 0 atom stereocenters. The zero-order chi connectivity index (χ0) is 20.2. The first-order valence-corrected chi connectivity index (χ1v) is 9.37. The van der Waals surface area contributed by atoms with Crippen molar-refractivity contribution in [3.8, 4) is 0 Å². The molecule has 1 saturated heterocycles. The second kappa shape index (κ2) is 8.26. The van der Waals surface area contributed by atoms with Gasteiger partial charge in [0, 0.05) is 49.3 Å². The second-order valence-electron chi connectivity index (χ2n) is 6.82. The number of nitrogens with one attached hydrogen (secondary N) is 1. The third-order valence-corrected chi connectivity index (χ3v) is 4.89. The Morgan fingerprint density at radius 1 is 0.862 bits per heavy atom. The number of hydrogen-bond acceptors (Lipinski definition) is 4. The topological polar surface area (TPSA) is 48.5 Å². The maximum atomic E-state index is 13.3. The molecule has 0 radical (unpaired) electrons. The highest BCUT2D eigenvalue weighted by molar-refractivity contribution is 6.04. The molecule has 7 heteroatoms. The molecule has 1 fully saturated rings. The Morgan fingerprint density at radius 3 is 2.31 bits per heavy atom. The number of carbonyl (C=O) groups excluding carboxylic acids is 1. The van der Waals surface area contributed by atoms with E-state index in [0.717, 1.165) is 37.7 Å². The molecule has 2 aromatic carbocycles. The monoisotopic (exact) mass is 394 g/mol. The molecule has 1 aliphatic rings. The van der Waals surface area contributed by atoms with E-state index in [4.69, 9.17) is 0 Å². The minimum atomic E-state index is -0.405. The Kier molecular flexibility index (Phi) is 5.37. The molecular formula is C22H20F2N4O. The van der Waals surface area contributed by atoms with Crippen LogP contribution in [0.15, 0.2) is 66.9 Å². The average Bonchev–Trinajstić information content (AvgIpc) is 2.74. The van der Waals surface area contributed by atoms with Crippen molar-refractivity contribution < 1.29 is 13.6 Å². The number of halogens is 2. The van der Waals surface area contributed by atoms with Crippen LogP contribution in [0.1, 0.15) is 10.4 Å². The summed E-state index contributed by atoms with van der Waals surface area (Å²) in [5.41, 5.74) is 1.85. The summed E-state index contributed by atoms with van der Waals surface area (Å²) in [5.74, 6) is -0.248. The van der Waals surface area contributed by atoms with E-state index in [1.54, 1.807) is 42.6 Å². The predicted molar refractivity (Wildman–Crippen MR) is 109 cm³/mol. The Labute approximate surface area is 167 Å². The molecule has 1 N–H and O–H groups in total. The molecule has 0 bridgehead atoms. The molecule has 29 heavy (non-hydrogen) atoms. The molecule has 4 rings (SSSR count). The lowest BCUT2D eigenvalue weighted by Crippen LogP contribution is -2.46. The number of rotatable bonds is 4. The van der Waals surface area contributed by atoms with Crippen LogP contribution < -0.4 is 15.1 Å². The molecule has 0 saturated carbocycles. The number of carbonyl (C=O) groups is 1. The van der Waals surface area contributed by atoms with Crippen LogP contribution in [0.2, 0.25) is 0 Å². The van der Waals surface area contributed by atoms with Gasteiger partial charge in [-0.25, -0.2) is 13.8 Å². The first-order valence-electron chi connectivity index (χ1n) is 9.37. The lowest BCUT2D eigenvalue weighted by molar-refractivity contribution is 0.102. The SMILES string of the molecule is O=C(Nc1cccc(F)c1)c1ccnc(N2CCN(c3ccc(F)cc3)CC2)c1. The number of nitrogens with zero attached hydrogens (tertiary/aromatic N) is 3. The minimum absolute atomic E-state index is 0.245. The molecule has 3 aromatic rings.